The van der Waals surface area contributed by atoms with Crippen LogP contribution in [0.3, 0.4) is 0 Å². The van der Waals surface area contributed by atoms with Crippen molar-refractivity contribution in [3.63, 3.8) is 0 Å². The lowest BCUT2D eigenvalue weighted by Crippen LogP contribution is -2.10. The van der Waals surface area contributed by atoms with Crippen molar-refractivity contribution >= 4 is 34.5 Å². The first-order valence-corrected chi connectivity index (χ1v) is 8.41. The Balaban J connectivity index is 1.69. The van der Waals surface area contributed by atoms with E-state index in [2.05, 4.69) is 10.4 Å². The number of benzene rings is 1. The molecule has 0 aliphatic heterocycles. The van der Waals surface area contributed by atoms with E-state index < -0.39 is 0 Å². The molecular formula is C17H16ClN3OS. The van der Waals surface area contributed by atoms with Gasteiger partial charge in [-0.25, -0.2) is 0 Å². The van der Waals surface area contributed by atoms with Gasteiger partial charge >= 0.3 is 0 Å². The van der Waals surface area contributed by atoms with Gasteiger partial charge in [-0.15, -0.1) is 11.3 Å². The Morgan fingerprint density at radius 1 is 1.30 bits per heavy atom. The molecule has 0 radical (unpaired) electrons. The number of halogens is 1. The maximum Gasteiger partial charge on any atom is 0.265 e. The number of rotatable bonds is 4. The minimum absolute atomic E-state index is 0.0944. The van der Waals surface area contributed by atoms with E-state index in [-0.39, 0.29) is 5.91 Å². The van der Waals surface area contributed by atoms with E-state index in [0.29, 0.717) is 16.4 Å². The molecule has 3 rings (SSSR count). The highest BCUT2D eigenvalue weighted by Crippen LogP contribution is 2.20. The zero-order valence-corrected chi connectivity index (χ0v) is 14.4. The average Bonchev–Trinajstić information content (AvgIpc) is 3.13. The molecule has 2 heterocycles. The number of nitrogens with zero attached hydrogens (tertiary/aromatic N) is 2. The van der Waals surface area contributed by atoms with Crippen LogP contribution in [0.15, 0.2) is 42.0 Å². The molecule has 0 atom stereocenters. The van der Waals surface area contributed by atoms with Crippen molar-refractivity contribution < 1.29 is 4.79 Å². The third-order valence-electron chi connectivity index (χ3n) is 3.59. The summed E-state index contributed by atoms with van der Waals surface area (Å²) in [6.45, 7) is 4.68. The Kier molecular flexibility index (Phi) is 4.50. The fourth-order valence-electron chi connectivity index (χ4n) is 2.20. The van der Waals surface area contributed by atoms with Crippen molar-refractivity contribution in [2.24, 2.45) is 0 Å². The molecule has 0 saturated carbocycles. The van der Waals surface area contributed by atoms with Crippen LogP contribution in [0.2, 0.25) is 5.02 Å². The Labute approximate surface area is 143 Å². The van der Waals surface area contributed by atoms with Crippen molar-refractivity contribution in [3.05, 3.63) is 68.6 Å². The van der Waals surface area contributed by atoms with E-state index in [1.54, 1.807) is 17.1 Å². The SMILES string of the molecule is Cc1ccc(NC(=O)c2cc(Cn3cc(Cl)cn3)cs2)cc1C. The first-order chi connectivity index (χ1) is 11.0. The summed E-state index contributed by atoms with van der Waals surface area (Å²) in [5, 5.41) is 9.64. The largest absolute Gasteiger partial charge is 0.321 e. The minimum atomic E-state index is -0.0944. The highest BCUT2D eigenvalue weighted by atomic mass is 35.5. The molecule has 1 amide bonds. The van der Waals surface area contributed by atoms with Crippen molar-refractivity contribution in [2.45, 2.75) is 20.4 Å². The van der Waals surface area contributed by atoms with Gasteiger partial charge in [0, 0.05) is 11.9 Å². The first-order valence-electron chi connectivity index (χ1n) is 7.15. The summed E-state index contributed by atoms with van der Waals surface area (Å²) in [4.78, 5) is 13.0. The van der Waals surface area contributed by atoms with Crippen LogP contribution in [-0.2, 0) is 6.54 Å². The monoisotopic (exact) mass is 345 g/mol. The van der Waals surface area contributed by atoms with Gasteiger partial charge in [-0.3, -0.25) is 9.48 Å². The number of nitrogens with one attached hydrogen (secondary N) is 1. The van der Waals surface area contributed by atoms with Crippen molar-refractivity contribution in [3.8, 4) is 0 Å². The molecule has 0 bridgehead atoms. The van der Waals surface area contributed by atoms with E-state index in [1.807, 2.05) is 43.5 Å². The Morgan fingerprint density at radius 2 is 2.13 bits per heavy atom. The molecule has 0 spiro atoms. The van der Waals surface area contributed by atoms with E-state index in [1.165, 1.54) is 16.9 Å². The summed E-state index contributed by atoms with van der Waals surface area (Å²) in [7, 11) is 0. The molecule has 0 aliphatic carbocycles. The van der Waals surface area contributed by atoms with Crippen LogP contribution in [0, 0.1) is 13.8 Å². The average molecular weight is 346 g/mol. The van der Waals surface area contributed by atoms with Gasteiger partial charge < -0.3 is 5.32 Å². The maximum absolute atomic E-state index is 12.3. The van der Waals surface area contributed by atoms with E-state index in [0.717, 1.165) is 16.8 Å². The normalized spacial score (nSPS) is 10.7. The molecule has 1 N–H and O–H groups in total. The van der Waals surface area contributed by atoms with Crippen LogP contribution < -0.4 is 5.32 Å². The fraction of sp³-hybridized carbons (Fsp3) is 0.176. The highest BCUT2D eigenvalue weighted by molar-refractivity contribution is 7.12. The molecule has 23 heavy (non-hydrogen) atoms. The second-order valence-electron chi connectivity index (χ2n) is 5.43. The topological polar surface area (TPSA) is 46.9 Å². The predicted molar refractivity (Wildman–Crippen MR) is 94.5 cm³/mol. The van der Waals surface area contributed by atoms with Crippen LogP contribution in [0.25, 0.3) is 0 Å². The number of aromatic nitrogens is 2. The molecule has 0 aliphatic rings. The van der Waals surface area contributed by atoms with Crippen LogP contribution in [0.4, 0.5) is 5.69 Å². The molecule has 118 valence electrons. The van der Waals surface area contributed by atoms with Crippen molar-refractivity contribution in [1.82, 2.24) is 9.78 Å². The third-order valence-corrected chi connectivity index (χ3v) is 4.76. The minimum Gasteiger partial charge on any atom is -0.321 e. The van der Waals surface area contributed by atoms with Crippen molar-refractivity contribution in [1.29, 1.82) is 0 Å². The Bertz CT molecular complexity index is 853. The van der Waals surface area contributed by atoms with Crippen LogP contribution >= 0.6 is 22.9 Å². The quantitative estimate of drug-likeness (QED) is 0.756. The number of amides is 1. The van der Waals surface area contributed by atoms with E-state index in [4.69, 9.17) is 11.6 Å². The van der Waals surface area contributed by atoms with Crippen molar-refractivity contribution in [2.75, 3.05) is 5.32 Å². The van der Waals surface area contributed by atoms with Gasteiger partial charge in [0.2, 0.25) is 0 Å². The summed E-state index contributed by atoms with van der Waals surface area (Å²) in [5.41, 5.74) is 4.21. The lowest BCUT2D eigenvalue weighted by molar-refractivity contribution is 0.103. The number of carbonyl (C=O) groups excluding carboxylic acids is 1. The molecule has 4 nitrogen and oxygen atoms in total. The van der Waals surface area contributed by atoms with Crippen LogP contribution in [0.1, 0.15) is 26.4 Å². The second-order valence-corrected chi connectivity index (χ2v) is 6.78. The number of thiophene rings is 1. The van der Waals surface area contributed by atoms with Gasteiger partial charge in [0.15, 0.2) is 0 Å². The van der Waals surface area contributed by atoms with Crippen LogP contribution in [0.5, 0.6) is 0 Å². The lowest BCUT2D eigenvalue weighted by Gasteiger charge is -2.06. The molecule has 6 heteroatoms. The summed E-state index contributed by atoms with van der Waals surface area (Å²) >= 11 is 7.28. The Morgan fingerprint density at radius 3 is 2.83 bits per heavy atom. The lowest BCUT2D eigenvalue weighted by atomic mass is 10.1. The van der Waals surface area contributed by atoms with Gasteiger partial charge in [-0.05, 0) is 54.1 Å². The standard InChI is InChI=1S/C17H16ClN3OS/c1-11-3-4-15(5-12(11)2)20-17(22)16-6-13(10-23-16)8-21-9-14(18)7-19-21/h3-7,9-10H,8H2,1-2H3,(H,20,22). The van der Waals surface area contributed by atoms with Crippen LogP contribution in [-0.4, -0.2) is 15.7 Å². The van der Waals surface area contributed by atoms with Gasteiger partial charge in [-0.2, -0.15) is 5.10 Å². The molecule has 2 aromatic heterocycles. The predicted octanol–water partition coefficient (Wildman–Crippen LogP) is 4.52. The number of hydrogen-bond acceptors (Lipinski definition) is 3. The van der Waals surface area contributed by atoms with Gasteiger partial charge in [-0.1, -0.05) is 17.7 Å². The number of aryl methyl sites for hydroxylation is 2. The Hall–Kier alpha value is -2.11. The summed E-state index contributed by atoms with van der Waals surface area (Å²) in [5.74, 6) is -0.0944. The number of carbonyl (C=O) groups is 1. The van der Waals surface area contributed by atoms with E-state index >= 15 is 0 Å². The second kappa shape index (κ2) is 6.56. The molecule has 0 unspecified atom stereocenters. The molecule has 0 saturated heterocycles. The maximum atomic E-state index is 12.3. The van der Waals surface area contributed by atoms with E-state index in [9.17, 15) is 4.79 Å². The molecule has 0 fully saturated rings. The summed E-state index contributed by atoms with van der Waals surface area (Å²) in [6, 6.07) is 7.79. The zero-order valence-electron chi connectivity index (χ0n) is 12.8. The fourth-order valence-corrected chi connectivity index (χ4v) is 3.16. The molecule has 3 aromatic rings. The van der Waals surface area contributed by atoms with Gasteiger partial charge in [0.1, 0.15) is 0 Å². The summed E-state index contributed by atoms with van der Waals surface area (Å²) in [6.07, 6.45) is 3.36. The first kappa shape index (κ1) is 15.8. The number of hydrogen-bond donors (Lipinski definition) is 1. The zero-order chi connectivity index (χ0) is 16.4. The smallest absolute Gasteiger partial charge is 0.265 e. The molecule has 1 aromatic carbocycles. The number of anilines is 1. The molecular weight excluding hydrogens is 330 g/mol. The van der Waals surface area contributed by atoms with Gasteiger partial charge in [0.25, 0.3) is 5.91 Å². The third kappa shape index (κ3) is 3.81. The summed E-state index contributed by atoms with van der Waals surface area (Å²) < 4.78 is 1.75. The highest BCUT2D eigenvalue weighted by Gasteiger charge is 2.10. The van der Waals surface area contributed by atoms with Gasteiger partial charge in [0.05, 0.1) is 22.6 Å².